The van der Waals surface area contributed by atoms with Gasteiger partial charge in [0.1, 0.15) is 0 Å². The Morgan fingerprint density at radius 1 is 0.821 bits per heavy atom. The third-order valence-corrected chi connectivity index (χ3v) is 6.80. The molecule has 1 N–H and O–H groups in total. The molecule has 0 bridgehead atoms. The van der Waals surface area contributed by atoms with Gasteiger partial charge in [-0.2, -0.15) is 0 Å². The average molecular weight is 386 g/mol. The Labute approximate surface area is 163 Å². The summed E-state index contributed by atoms with van der Waals surface area (Å²) in [6.07, 6.45) is 1.63. The third-order valence-electron chi connectivity index (χ3n) is 5.10. The van der Waals surface area contributed by atoms with Gasteiger partial charge in [0.05, 0.1) is 10.4 Å². The fourth-order valence-electron chi connectivity index (χ4n) is 3.61. The molecule has 138 valence electrons. The molecule has 5 rings (SSSR count). The summed E-state index contributed by atoms with van der Waals surface area (Å²) in [5.41, 5.74) is 4.99. The van der Waals surface area contributed by atoms with Crippen LogP contribution in [0.3, 0.4) is 0 Å². The zero-order chi connectivity index (χ0) is 19.3. The molecule has 28 heavy (non-hydrogen) atoms. The number of H-pyrrole nitrogens is 1. The van der Waals surface area contributed by atoms with Gasteiger partial charge in [-0.3, -0.25) is 0 Å². The molecule has 0 aliphatic heterocycles. The molecule has 2 aromatic heterocycles. The Bertz CT molecular complexity index is 1410. The van der Waals surface area contributed by atoms with Gasteiger partial charge in [-0.15, -0.1) is 0 Å². The van der Waals surface area contributed by atoms with Crippen LogP contribution in [0.4, 0.5) is 0 Å². The summed E-state index contributed by atoms with van der Waals surface area (Å²) in [5, 5.41) is 1.92. The molecule has 0 aliphatic carbocycles. The summed E-state index contributed by atoms with van der Waals surface area (Å²) >= 11 is 0. The van der Waals surface area contributed by atoms with Crippen LogP contribution in [-0.2, 0) is 10.0 Å². The first kappa shape index (κ1) is 16.8. The van der Waals surface area contributed by atoms with E-state index in [-0.39, 0.29) is 4.90 Å². The van der Waals surface area contributed by atoms with Gasteiger partial charge in [0.2, 0.25) is 0 Å². The highest BCUT2D eigenvalue weighted by Crippen LogP contribution is 2.32. The van der Waals surface area contributed by atoms with Crippen LogP contribution in [0.5, 0.6) is 0 Å². The number of nitrogens with zero attached hydrogens (tertiary/aromatic N) is 1. The van der Waals surface area contributed by atoms with Crippen molar-refractivity contribution in [2.45, 2.75) is 11.8 Å². The lowest BCUT2D eigenvalue weighted by molar-refractivity contribution is 0.589. The Morgan fingerprint density at radius 3 is 2.32 bits per heavy atom. The van der Waals surface area contributed by atoms with Crippen molar-refractivity contribution in [2.24, 2.45) is 0 Å². The number of hydrogen-bond donors (Lipinski definition) is 1. The molecule has 3 aromatic carbocycles. The van der Waals surface area contributed by atoms with E-state index in [4.69, 9.17) is 0 Å². The van der Waals surface area contributed by atoms with Gasteiger partial charge in [-0.05, 0) is 48.9 Å². The van der Waals surface area contributed by atoms with Gasteiger partial charge in [0, 0.05) is 28.2 Å². The van der Waals surface area contributed by atoms with Crippen LogP contribution in [0.1, 0.15) is 5.56 Å². The summed E-state index contributed by atoms with van der Waals surface area (Å²) < 4.78 is 27.5. The highest BCUT2D eigenvalue weighted by atomic mass is 32.2. The lowest BCUT2D eigenvalue weighted by Gasteiger charge is -2.07. The molecule has 0 saturated carbocycles. The summed E-state index contributed by atoms with van der Waals surface area (Å²) in [6, 6.07) is 24.6. The van der Waals surface area contributed by atoms with Crippen LogP contribution in [-0.4, -0.2) is 17.4 Å². The van der Waals surface area contributed by atoms with E-state index in [0.29, 0.717) is 5.52 Å². The number of aromatic amines is 1. The molecule has 0 atom stereocenters. The molecule has 0 saturated heterocycles. The lowest BCUT2D eigenvalue weighted by atomic mass is 10.1. The zero-order valence-electron chi connectivity index (χ0n) is 15.3. The van der Waals surface area contributed by atoms with Crippen LogP contribution in [0.2, 0.25) is 0 Å². The maximum atomic E-state index is 13.1. The molecule has 0 fully saturated rings. The first-order valence-electron chi connectivity index (χ1n) is 9.04. The van der Waals surface area contributed by atoms with Crippen LogP contribution >= 0.6 is 0 Å². The number of fused-ring (bicyclic) bond motifs is 3. The molecule has 2 heterocycles. The number of aromatic nitrogens is 2. The van der Waals surface area contributed by atoms with Gasteiger partial charge >= 0.3 is 0 Å². The summed E-state index contributed by atoms with van der Waals surface area (Å²) in [6.45, 7) is 2.06. The standard InChI is InChI=1S/C23H18N2O2S/c1-16-7-9-17(10-8-16)22-15-20-19-13-14-25(23(19)12-11-21(20)24-22)28(26,27)18-5-3-2-4-6-18/h2-15,24H,1H3. The lowest BCUT2D eigenvalue weighted by Crippen LogP contribution is -2.11. The Kier molecular flexibility index (Phi) is 3.67. The maximum Gasteiger partial charge on any atom is 0.268 e. The smallest absolute Gasteiger partial charge is 0.268 e. The number of nitrogens with one attached hydrogen (secondary N) is 1. The van der Waals surface area contributed by atoms with Gasteiger partial charge in [0.15, 0.2) is 0 Å². The number of hydrogen-bond acceptors (Lipinski definition) is 2. The van der Waals surface area contributed by atoms with E-state index in [0.717, 1.165) is 27.5 Å². The molecule has 4 nitrogen and oxygen atoms in total. The van der Waals surface area contributed by atoms with Gasteiger partial charge in [0.25, 0.3) is 10.0 Å². The molecule has 0 spiro atoms. The minimum absolute atomic E-state index is 0.280. The molecule has 0 amide bonds. The second kappa shape index (κ2) is 6.11. The minimum Gasteiger partial charge on any atom is -0.355 e. The average Bonchev–Trinajstić information content (AvgIpc) is 3.33. The van der Waals surface area contributed by atoms with E-state index < -0.39 is 10.0 Å². The Balaban J connectivity index is 1.69. The zero-order valence-corrected chi connectivity index (χ0v) is 16.1. The number of aryl methyl sites for hydroxylation is 1. The second-order valence-corrected chi connectivity index (χ2v) is 8.75. The van der Waals surface area contributed by atoms with Crippen molar-refractivity contribution in [3.05, 3.63) is 90.6 Å². The van der Waals surface area contributed by atoms with Gasteiger partial charge in [-0.1, -0.05) is 48.0 Å². The van der Waals surface area contributed by atoms with Crippen LogP contribution in [0.25, 0.3) is 33.1 Å². The predicted octanol–water partition coefficient (Wildman–Crippen LogP) is 5.34. The Morgan fingerprint density at radius 2 is 1.57 bits per heavy atom. The predicted molar refractivity (Wildman–Crippen MR) is 113 cm³/mol. The van der Waals surface area contributed by atoms with E-state index in [1.165, 1.54) is 9.54 Å². The molecule has 0 radical (unpaired) electrons. The maximum absolute atomic E-state index is 13.1. The van der Waals surface area contributed by atoms with E-state index >= 15 is 0 Å². The van der Waals surface area contributed by atoms with Gasteiger partial charge < -0.3 is 4.98 Å². The van der Waals surface area contributed by atoms with E-state index in [1.54, 1.807) is 30.5 Å². The van der Waals surface area contributed by atoms with Crippen LogP contribution in [0.15, 0.2) is 90.0 Å². The van der Waals surface area contributed by atoms with Gasteiger partial charge in [-0.25, -0.2) is 12.4 Å². The van der Waals surface area contributed by atoms with Crippen molar-refractivity contribution in [1.29, 1.82) is 0 Å². The van der Waals surface area contributed by atoms with Crippen molar-refractivity contribution in [3.8, 4) is 11.3 Å². The van der Waals surface area contributed by atoms with Crippen LogP contribution < -0.4 is 0 Å². The molecule has 5 aromatic rings. The highest BCUT2D eigenvalue weighted by molar-refractivity contribution is 7.90. The summed E-state index contributed by atoms with van der Waals surface area (Å²) in [7, 11) is -3.63. The first-order chi connectivity index (χ1) is 13.5. The van der Waals surface area contributed by atoms with E-state index in [2.05, 4.69) is 42.2 Å². The fraction of sp³-hybridized carbons (Fsp3) is 0.0435. The van der Waals surface area contributed by atoms with Crippen molar-refractivity contribution in [2.75, 3.05) is 0 Å². The summed E-state index contributed by atoms with van der Waals surface area (Å²) in [4.78, 5) is 3.72. The normalized spacial score (nSPS) is 12.0. The SMILES string of the molecule is Cc1ccc(-c2cc3c(ccc4c3ccn4S(=O)(=O)c3ccccc3)[nH]2)cc1. The van der Waals surface area contributed by atoms with Crippen molar-refractivity contribution < 1.29 is 8.42 Å². The van der Waals surface area contributed by atoms with Crippen molar-refractivity contribution in [1.82, 2.24) is 8.96 Å². The summed E-state index contributed by atoms with van der Waals surface area (Å²) in [5.74, 6) is 0. The molecule has 5 heteroatoms. The molecule has 0 aliphatic rings. The molecular weight excluding hydrogens is 368 g/mol. The van der Waals surface area contributed by atoms with E-state index in [1.807, 2.05) is 24.3 Å². The number of rotatable bonds is 3. The quantitative estimate of drug-likeness (QED) is 0.455. The highest BCUT2D eigenvalue weighted by Gasteiger charge is 2.19. The monoisotopic (exact) mass is 386 g/mol. The second-order valence-electron chi connectivity index (χ2n) is 6.94. The van der Waals surface area contributed by atoms with Crippen molar-refractivity contribution >= 4 is 31.8 Å². The molecular formula is C23H18N2O2S. The van der Waals surface area contributed by atoms with Crippen molar-refractivity contribution in [3.63, 3.8) is 0 Å². The largest absolute Gasteiger partial charge is 0.355 e. The Hall–Kier alpha value is -3.31. The topological polar surface area (TPSA) is 54.9 Å². The van der Waals surface area contributed by atoms with E-state index in [9.17, 15) is 8.42 Å². The number of benzene rings is 3. The minimum atomic E-state index is -3.63. The fourth-order valence-corrected chi connectivity index (χ4v) is 4.98. The third kappa shape index (κ3) is 2.55. The molecule has 0 unspecified atom stereocenters. The van der Waals surface area contributed by atoms with Crippen LogP contribution in [0, 0.1) is 6.92 Å². The first-order valence-corrected chi connectivity index (χ1v) is 10.5.